The molecule has 2 nitrogen and oxygen atoms in total. The molecule has 0 saturated heterocycles. The summed E-state index contributed by atoms with van der Waals surface area (Å²) in [5, 5.41) is 11.0. The molecule has 0 radical (unpaired) electrons. The number of aromatic carboxylic acids is 1. The Labute approximate surface area is 97.1 Å². The first kappa shape index (κ1) is 13.7. The molecule has 1 N–H and O–H groups in total. The molecule has 1 aromatic heterocycles. The van der Waals surface area contributed by atoms with Crippen molar-refractivity contribution in [2.45, 2.75) is 32.0 Å². The Kier molecular flexibility index (Phi) is 7.80. The summed E-state index contributed by atoms with van der Waals surface area (Å²) in [6.07, 6.45) is 2.64. The second-order valence-electron chi connectivity index (χ2n) is 2.76. The molecular formula is C10H15BrO2S. The van der Waals surface area contributed by atoms with Gasteiger partial charge < -0.3 is 5.11 Å². The Bertz CT molecular complexity index is 269. The number of carboxylic acids is 1. The highest BCUT2D eigenvalue weighted by Gasteiger charge is 2.04. The van der Waals surface area contributed by atoms with Gasteiger partial charge >= 0.3 is 5.97 Å². The third-order valence-corrected chi connectivity index (χ3v) is 3.13. The summed E-state index contributed by atoms with van der Waals surface area (Å²) in [7, 11) is 0. The molecule has 0 aromatic carbocycles. The van der Waals surface area contributed by atoms with E-state index in [1.54, 1.807) is 6.07 Å². The highest BCUT2D eigenvalue weighted by molar-refractivity contribution is 9.08. The van der Waals surface area contributed by atoms with E-state index in [0.29, 0.717) is 4.88 Å². The average Bonchev–Trinajstić information content (AvgIpc) is 2.66. The molecule has 4 heteroatoms. The average molecular weight is 279 g/mol. The van der Waals surface area contributed by atoms with E-state index in [-0.39, 0.29) is 0 Å². The molecule has 0 saturated carbocycles. The SMILES string of the molecule is CCCC.O=C(O)c1cc(CBr)cs1. The van der Waals surface area contributed by atoms with Gasteiger partial charge in [0.05, 0.1) is 0 Å². The highest BCUT2D eigenvalue weighted by Crippen LogP contribution is 2.16. The van der Waals surface area contributed by atoms with Crippen LogP contribution in [0, 0.1) is 0 Å². The van der Waals surface area contributed by atoms with Gasteiger partial charge in [0.2, 0.25) is 0 Å². The van der Waals surface area contributed by atoms with Gasteiger partial charge in [-0.2, -0.15) is 0 Å². The normalized spacial score (nSPS) is 9.07. The smallest absolute Gasteiger partial charge is 0.345 e. The third kappa shape index (κ3) is 5.40. The standard InChI is InChI=1S/C6H5BrO2S.C4H10/c7-2-4-1-5(6(8)9)10-3-4;1-3-4-2/h1,3H,2H2,(H,8,9);3-4H2,1-2H3. The second-order valence-corrected chi connectivity index (χ2v) is 4.23. The Morgan fingerprint density at radius 3 is 2.29 bits per heavy atom. The van der Waals surface area contributed by atoms with Crippen LogP contribution >= 0.6 is 27.3 Å². The number of rotatable bonds is 3. The Morgan fingerprint density at radius 1 is 1.50 bits per heavy atom. The van der Waals surface area contributed by atoms with Crippen molar-refractivity contribution in [3.8, 4) is 0 Å². The van der Waals surface area contributed by atoms with Crippen molar-refractivity contribution in [2.75, 3.05) is 0 Å². The molecular weight excluding hydrogens is 264 g/mol. The molecule has 0 amide bonds. The minimum atomic E-state index is -0.850. The zero-order valence-electron chi connectivity index (χ0n) is 8.42. The zero-order valence-corrected chi connectivity index (χ0v) is 10.8. The summed E-state index contributed by atoms with van der Waals surface area (Å²) >= 11 is 4.49. The van der Waals surface area contributed by atoms with E-state index in [0.717, 1.165) is 10.9 Å². The van der Waals surface area contributed by atoms with Crippen LogP contribution in [0.1, 0.15) is 41.9 Å². The molecule has 0 aliphatic rings. The van der Waals surface area contributed by atoms with Gasteiger partial charge in [-0.05, 0) is 17.0 Å². The van der Waals surface area contributed by atoms with Gasteiger partial charge in [-0.25, -0.2) is 4.79 Å². The summed E-state index contributed by atoms with van der Waals surface area (Å²) in [4.78, 5) is 10.7. The lowest BCUT2D eigenvalue weighted by Crippen LogP contribution is -1.89. The quantitative estimate of drug-likeness (QED) is 0.844. The molecule has 0 aliphatic heterocycles. The van der Waals surface area contributed by atoms with Gasteiger partial charge in [-0.15, -0.1) is 11.3 Å². The molecule has 1 heterocycles. The number of carboxylic acid groups (broad SMARTS) is 1. The van der Waals surface area contributed by atoms with E-state index in [2.05, 4.69) is 29.8 Å². The fraction of sp³-hybridized carbons (Fsp3) is 0.500. The van der Waals surface area contributed by atoms with Crippen molar-refractivity contribution >= 4 is 33.2 Å². The minimum absolute atomic E-state index is 0.398. The summed E-state index contributed by atoms with van der Waals surface area (Å²) in [5.74, 6) is -0.850. The Hall–Kier alpha value is -0.350. The fourth-order valence-electron chi connectivity index (χ4n) is 0.558. The lowest BCUT2D eigenvalue weighted by Gasteiger charge is -1.82. The van der Waals surface area contributed by atoms with Crippen LogP contribution in [0.25, 0.3) is 0 Å². The van der Waals surface area contributed by atoms with E-state index in [9.17, 15) is 4.79 Å². The van der Waals surface area contributed by atoms with Crippen LogP contribution in [0.5, 0.6) is 0 Å². The molecule has 0 bridgehead atoms. The topological polar surface area (TPSA) is 37.3 Å². The van der Waals surface area contributed by atoms with Gasteiger partial charge in [0, 0.05) is 5.33 Å². The van der Waals surface area contributed by atoms with E-state index in [1.165, 1.54) is 24.2 Å². The van der Waals surface area contributed by atoms with Crippen molar-refractivity contribution in [1.29, 1.82) is 0 Å². The summed E-state index contributed by atoms with van der Waals surface area (Å²) in [5.41, 5.74) is 1.02. The second kappa shape index (κ2) is 8.00. The summed E-state index contributed by atoms with van der Waals surface area (Å²) < 4.78 is 0. The predicted octanol–water partition coefficient (Wildman–Crippen LogP) is 4.15. The van der Waals surface area contributed by atoms with Crippen LogP contribution in [0.15, 0.2) is 11.4 Å². The van der Waals surface area contributed by atoms with Crippen molar-refractivity contribution in [2.24, 2.45) is 0 Å². The molecule has 0 spiro atoms. The maximum atomic E-state index is 10.3. The first-order valence-corrected chi connectivity index (χ1v) is 6.52. The number of hydrogen-bond donors (Lipinski definition) is 1. The van der Waals surface area contributed by atoms with Crippen LogP contribution < -0.4 is 0 Å². The lowest BCUT2D eigenvalue weighted by molar-refractivity contribution is 0.0702. The first-order valence-electron chi connectivity index (χ1n) is 4.52. The largest absolute Gasteiger partial charge is 0.477 e. The van der Waals surface area contributed by atoms with Crippen molar-refractivity contribution in [3.63, 3.8) is 0 Å². The molecule has 0 aliphatic carbocycles. The van der Waals surface area contributed by atoms with E-state index in [1.807, 2.05) is 5.38 Å². The predicted molar refractivity (Wildman–Crippen MR) is 64.5 cm³/mol. The molecule has 0 unspecified atom stereocenters. The van der Waals surface area contributed by atoms with Crippen LogP contribution in [-0.2, 0) is 5.33 Å². The maximum Gasteiger partial charge on any atom is 0.345 e. The van der Waals surface area contributed by atoms with E-state index >= 15 is 0 Å². The molecule has 0 fully saturated rings. The van der Waals surface area contributed by atoms with Crippen LogP contribution in [0.2, 0.25) is 0 Å². The molecule has 1 aromatic rings. The monoisotopic (exact) mass is 278 g/mol. The highest BCUT2D eigenvalue weighted by atomic mass is 79.9. The Morgan fingerprint density at radius 2 is 2.07 bits per heavy atom. The van der Waals surface area contributed by atoms with Gasteiger partial charge in [0.25, 0.3) is 0 Å². The first-order chi connectivity index (χ1) is 6.65. The summed E-state index contributed by atoms with van der Waals surface area (Å²) in [6.45, 7) is 4.36. The molecule has 14 heavy (non-hydrogen) atoms. The van der Waals surface area contributed by atoms with Crippen LogP contribution in [0.3, 0.4) is 0 Å². The third-order valence-electron chi connectivity index (χ3n) is 1.52. The lowest BCUT2D eigenvalue weighted by atomic mass is 10.3. The maximum absolute atomic E-state index is 10.3. The van der Waals surface area contributed by atoms with Gasteiger partial charge in [-0.1, -0.05) is 42.6 Å². The Balaban J connectivity index is 0.000000364. The van der Waals surface area contributed by atoms with Crippen LogP contribution in [-0.4, -0.2) is 11.1 Å². The van der Waals surface area contributed by atoms with Crippen LogP contribution in [0.4, 0.5) is 0 Å². The number of carbonyl (C=O) groups is 1. The van der Waals surface area contributed by atoms with E-state index < -0.39 is 5.97 Å². The summed E-state index contributed by atoms with van der Waals surface area (Å²) in [6, 6.07) is 1.67. The fourth-order valence-corrected chi connectivity index (χ4v) is 1.85. The number of alkyl halides is 1. The number of hydrogen-bond acceptors (Lipinski definition) is 2. The number of halogens is 1. The molecule has 0 atom stereocenters. The molecule has 80 valence electrons. The van der Waals surface area contributed by atoms with Crippen molar-refractivity contribution in [3.05, 3.63) is 21.9 Å². The number of thiophene rings is 1. The molecule has 1 rings (SSSR count). The van der Waals surface area contributed by atoms with Gasteiger partial charge in [-0.3, -0.25) is 0 Å². The van der Waals surface area contributed by atoms with Gasteiger partial charge in [0.1, 0.15) is 4.88 Å². The zero-order chi connectivity index (χ0) is 11.0. The van der Waals surface area contributed by atoms with Gasteiger partial charge in [0.15, 0.2) is 0 Å². The number of unbranched alkanes of at least 4 members (excludes halogenated alkanes) is 1. The minimum Gasteiger partial charge on any atom is -0.477 e. The van der Waals surface area contributed by atoms with E-state index in [4.69, 9.17) is 5.11 Å². The van der Waals surface area contributed by atoms with Crippen molar-refractivity contribution in [1.82, 2.24) is 0 Å². The van der Waals surface area contributed by atoms with Crippen molar-refractivity contribution < 1.29 is 9.90 Å².